The molecular weight excluding hydrogens is 440 g/mol. The highest BCUT2D eigenvalue weighted by atomic mass is 32.2. The number of likely N-dealkylation sites (tertiary alicyclic amines) is 1. The third-order valence-corrected chi connectivity index (χ3v) is 7.55. The molecule has 1 aromatic heterocycles. The van der Waals surface area contributed by atoms with Crippen molar-refractivity contribution in [2.75, 3.05) is 32.5 Å². The molecule has 2 unspecified atom stereocenters. The van der Waals surface area contributed by atoms with Gasteiger partial charge in [-0.1, -0.05) is 19.9 Å². The number of benzene rings is 1. The minimum Gasteiger partial charge on any atom is -0.497 e. The fourth-order valence-corrected chi connectivity index (χ4v) is 6.07. The van der Waals surface area contributed by atoms with Gasteiger partial charge in [0.25, 0.3) is 0 Å². The van der Waals surface area contributed by atoms with E-state index in [-0.39, 0.29) is 11.5 Å². The maximum Gasteiger partial charge on any atom is 0.226 e. The number of carbonyl (C=O) groups is 1. The molecular formula is C25H36N2O5S. The van der Waals surface area contributed by atoms with Crippen LogP contribution in [0.1, 0.15) is 51.0 Å². The van der Waals surface area contributed by atoms with Crippen molar-refractivity contribution in [1.29, 1.82) is 0 Å². The number of rotatable bonds is 11. The average Bonchev–Trinajstić information content (AvgIpc) is 3.10. The van der Waals surface area contributed by atoms with E-state index < -0.39 is 15.6 Å². The van der Waals surface area contributed by atoms with Crippen LogP contribution in [-0.4, -0.2) is 56.6 Å². The van der Waals surface area contributed by atoms with E-state index in [1.807, 2.05) is 18.2 Å². The number of Topliss-reactive ketones (excluding diaryl/α,β-unsaturated/α-hetero) is 1. The highest BCUT2D eigenvalue weighted by molar-refractivity contribution is 7.91. The second-order valence-electron chi connectivity index (χ2n) is 9.49. The van der Waals surface area contributed by atoms with Crippen molar-refractivity contribution in [1.82, 2.24) is 9.88 Å². The van der Waals surface area contributed by atoms with Crippen molar-refractivity contribution in [2.24, 2.45) is 11.8 Å². The van der Waals surface area contributed by atoms with Gasteiger partial charge < -0.3 is 14.1 Å². The van der Waals surface area contributed by atoms with Crippen LogP contribution < -0.4 is 4.74 Å². The van der Waals surface area contributed by atoms with E-state index in [1.54, 1.807) is 20.1 Å². The number of sulfone groups is 1. The van der Waals surface area contributed by atoms with Gasteiger partial charge in [0.05, 0.1) is 18.6 Å². The lowest BCUT2D eigenvalue weighted by atomic mass is 9.92. The number of hydrogen-bond acceptors (Lipinski definition) is 7. The Bertz CT molecular complexity index is 1040. The molecule has 3 rings (SSSR count). The van der Waals surface area contributed by atoms with Crippen LogP contribution in [0.15, 0.2) is 28.7 Å². The Morgan fingerprint density at radius 2 is 1.94 bits per heavy atom. The summed E-state index contributed by atoms with van der Waals surface area (Å²) >= 11 is 0. The molecule has 2 heterocycles. The SMILES string of the molecule is COc1cccc(-c2nc(CS(=O)(=O)CC(=O)CCCCN3CC(C)CC(C)C3)c(C)o2)c1. The highest BCUT2D eigenvalue weighted by Crippen LogP contribution is 2.26. The zero-order valence-corrected chi connectivity index (χ0v) is 21.0. The Labute approximate surface area is 197 Å². The second kappa shape index (κ2) is 11.3. The topological polar surface area (TPSA) is 89.7 Å². The van der Waals surface area contributed by atoms with Crippen molar-refractivity contribution in [3.63, 3.8) is 0 Å². The number of aryl methyl sites for hydroxylation is 1. The summed E-state index contributed by atoms with van der Waals surface area (Å²) in [6.07, 6.45) is 3.21. The van der Waals surface area contributed by atoms with Crippen molar-refractivity contribution >= 4 is 15.6 Å². The monoisotopic (exact) mass is 476 g/mol. The predicted octanol–water partition coefficient (Wildman–Crippen LogP) is 4.29. The third kappa shape index (κ3) is 7.67. The predicted molar refractivity (Wildman–Crippen MR) is 129 cm³/mol. The second-order valence-corrected chi connectivity index (χ2v) is 11.6. The summed E-state index contributed by atoms with van der Waals surface area (Å²) in [5.41, 5.74) is 1.05. The Morgan fingerprint density at radius 1 is 1.21 bits per heavy atom. The van der Waals surface area contributed by atoms with E-state index >= 15 is 0 Å². The zero-order chi connectivity index (χ0) is 24.0. The van der Waals surface area contributed by atoms with Gasteiger partial charge in [-0.15, -0.1) is 0 Å². The molecule has 33 heavy (non-hydrogen) atoms. The van der Waals surface area contributed by atoms with Crippen molar-refractivity contribution in [3.05, 3.63) is 35.7 Å². The number of oxazole rings is 1. The Balaban J connectivity index is 1.48. The molecule has 7 nitrogen and oxygen atoms in total. The number of methoxy groups -OCH3 is 1. The summed E-state index contributed by atoms with van der Waals surface area (Å²) in [6, 6.07) is 7.22. The van der Waals surface area contributed by atoms with Crippen LogP contribution in [0.4, 0.5) is 0 Å². The minimum atomic E-state index is -3.62. The number of piperidine rings is 1. The number of hydrogen-bond donors (Lipinski definition) is 0. The Hall–Kier alpha value is -2.19. The molecule has 0 N–H and O–H groups in total. The summed E-state index contributed by atoms with van der Waals surface area (Å²) in [6.45, 7) is 9.45. The van der Waals surface area contributed by atoms with Gasteiger partial charge in [-0.2, -0.15) is 0 Å². The summed E-state index contributed by atoms with van der Waals surface area (Å²) in [7, 11) is -2.04. The fraction of sp³-hybridized carbons (Fsp3) is 0.600. The standard InChI is InChI=1S/C25H36N2O5S/c1-18-12-19(2)15-27(14-18)11-6-5-9-22(28)16-33(29,30)17-24-20(3)32-25(26-24)21-8-7-10-23(13-21)31-4/h7-8,10,13,18-19H,5-6,9,11-12,14-17H2,1-4H3. The van der Waals surface area contributed by atoms with Crippen molar-refractivity contribution < 1.29 is 22.4 Å². The van der Waals surface area contributed by atoms with Crippen molar-refractivity contribution in [2.45, 2.75) is 52.2 Å². The molecule has 1 aliphatic heterocycles. The van der Waals surface area contributed by atoms with Crippen molar-refractivity contribution in [3.8, 4) is 17.2 Å². The first-order chi connectivity index (χ1) is 15.6. The number of ketones is 1. The molecule has 2 atom stereocenters. The number of aromatic nitrogens is 1. The van der Waals surface area contributed by atoms with E-state index in [0.29, 0.717) is 46.9 Å². The largest absolute Gasteiger partial charge is 0.497 e. The molecule has 1 aromatic carbocycles. The van der Waals surface area contributed by atoms with E-state index in [4.69, 9.17) is 9.15 Å². The molecule has 1 saturated heterocycles. The molecule has 0 radical (unpaired) electrons. The molecule has 182 valence electrons. The molecule has 0 amide bonds. The molecule has 2 aromatic rings. The maximum absolute atomic E-state index is 12.6. The maximum atomic E-state index is 12.6. The van der Waals surface area contributed by atoms with Gasteiger partial charge in [-0.05, 0) is 62.8 Å². The van der Waals surface area contributed by atoms with Gasteiger partial charge in [-0.25, -0.2) is 13.4 Å². The zero-order valence-electron chi connectivity index (χ0n) is 20.2. The van der Waals surface area contributed by atoms with E-state index in [1.165, 1.54) is 6.42 Å². The summed E-state index contributed by atoms with van der Waals surface area (Å²) in [5.74, 6) is 1.87. The number of carbonyl (C=O) groups excluding carboxylic acids is 1. The molecule has 0 aliphatic carbocycles. The smallest absolute Gasteiger partial charge is 0.226 e. The number of ether oxygens (including phenoxy) is 1. The Morgan fingerprint density at radius 3 is 2.64 bits per heavy atom. The van der Waals surface area contributed by atoms with Crippen LogP contribution in [0.2, 0.25) is 0 Å². The van der Waals surface area contributed by atoms with Crippen LogP contribution in [0, 0.1) is 18.8 Å². The number of unbranched alkanes of at least 4 members (excludes halogenated alkanes) is 1. The van der Waals surface area contributed by atoms with Gasteiger partial charge in [-0.3, -0.25) is 4.79 Å². The van der Waals surface area contributed by atoms with E-state index in [2.05, 4.69) is 23.7 Å². The van der Waals surface area contributed by atoms with E-state index in [0.717, 1.165) is 32.5 Å². The fourth-order valence-electron chi connectivity index (χ4n) is 4.65. The first-order valence-corrected chi connectivity index (χ1v) is 13.5. The molecule has 0 saturated carbocycles. The molecule has 1 aliphatic rings. The molecule has 0 bridgehead atoms. The lowest BCUT2D eigenvalue weighted by Crippen LogP contribution is -2.39. The Kier molecular flexibility index (Phi) is 8.70. The highest BCUT2D eigenvalue weighted by Gasteiger charge is 2.23. The summed E-state index contributed by atoms with van der Waals surface area (Å²) < 4.78 is 36.2. The number of nitrogens with zero attached hydrogens (tertiary/aromatic N) is 2. The summed E-state index contributed by atoms with van der Waals surface area (Å²) in [4.78, 5) is 19.2. The van der Waals surface area contributed by atoms with Gasteiger partial charge in [0.1, 0.15) is 23.0 Å². The average molecular weight is 477 g/mol. The molecule has 0 spiro atoms. The molecule has 8 heteroatoms. The lowest BCUT2D eigenvalue weighted by Gasteiger charge is -2.34. The quantitative estimate of drug-likeness (QED) is 0.447. The van der Waals surface area contributed by atoms with Crippen LogP contribution >= 0.6 is 0 Å². The van der Waals surface area contributed by atoms with Gasteiger partial charge in [0, 0.05) is 25.1 Å². The first-order valence-electron chi connectivity index (χ1n) is 11.7. The van der Waals surface area contributed by atoms with Crippen LogP contribution in [-0.2, 0) is 20.4 Å². The molecule has 1 fully saturated rings. The van der Waals surface area contributed by atoms with Crippen LogP contribution in [0.5, 0.6) is 5.75 Å². The van der Waals surface area contributed by atoms with Gasteiger partial charge >= 0.3 is 0 Å². The van der Waals surface area contributed by atoms with Crippen LogP contribution in [0.25, 0.3) is 11.5 Å². The van der Waals surface area contributed by atoms with Gasteiger partial charge in [0.15, 0.2) is 9.84 Å². The first kappa shape index (κ1) is 25.4. The lowest BCUT2D eigenvalue weighted by molar-refractivity contribution is -0.116. The van der Waals surface area contributed by atoms with Gasteiger partial charge in [0.2, 0.25) is 5.89 Å². The third-order valence-electron chi connectivity index (χ3n) is 6.07. The minimum absolute atomic E-state index is 0.232. The van der Waals surface area contributed by atoms with E-state index in [9.17, 15) is 13.2 Å². The van der Waals surface area contributed by atoms with Crippen LogP contribution in [0.3, 0.4) is 0 Å². The normalized spacial score (nSPS) is 19.5. The summed E-state index contributed by atoms with van der Waals surface area (Å²) in [5, 5.41) is 0.